The molecule has 0 bridgehead atoms. The van der Waals surface area contributed by atoms with Gasteiger partial charge in [0.15, 0.2) is 0 Å². The molecule has 1 aliphatic heterocycles. The van der Waals surface area contributed by atoms with Crippen molar-refractivity contribution in [3.63, 3.8) is 0 Å². The lowest BCUT2D eigenvalue weighted by atomic mass is 9.85. The number of nitrogens with zero attached hydrogens (tertiary/aromatic N) is 1. The zero-order chi connectivity index (χ0) is 15.7. The fourth-order valence-electron chi connectivity index (χ4n) is 3.88. The summed E-state index contributed by atoms with van der Waals surface area (Å²) in [6.45, 7) is 15.5. The van der Waals surface area contributed by atoms with Crippen LogP contribution in [-0.4, -0.2) is 36.1 Å². The van der Waals surface area contributed by atoms with Crippen molar-refractivity contribution in [2.75, 3.05) is 19.6 Å². The quantitative estimate of drug-likeness (QED) is 0.581. The third kappa shape index (κ3) is 5.90. The van der Waals surface area contributed by atoms with Crippen molar-refractivity contribution in [3.05, 3.63) is 0 Å². The summed E-state index contributed by atoms with van der Waals surface area (Å²) in [6.07, 6.45) is 10.8. The summed E-state index contributed by atoms with van der Waals surface area (Å²) >= 11 is 0. The summed E-state index contributed by atoms with van der Waals surface area (Å²) in [4.78, 5) is 2.84. The lowest BCUT2D eigenvalue weighted by molar-refractivity contribution is 0.0262. The van der Waals surface area contributed by atoms with Crippen molar-refractivity contribution in [3.8, 4) is 0 Å². The van der Waals surface area contributed by atoms with E-state index in [0.29, 0.717) is 11.6 Å². The van der Waals surface area contributed by atoms with Gasteiger partial charge in [0, 0.05) is 24.7 Å². The molecule has 1 fully saturated rings. The Morgan fingerprint density at radius 1 is 1.05 bits per heavy atom. The first-order valence-corrected chi connectivity index (χ1v) is 9.56. The first-order chi connectivity index (χ1) is 10.1. The van der Waals surface area contributed by atoms with Crippen LogP contribution in [0.3, 0.4) is 0 Å². The minimum Gasteiger partial charge on any atom is -0.311 e. The van der Waals surface area contributed by atoms with Crippen molar-refractivity contribution in [2.45, 2.75) is 97.6 Å². The highest BCUT2D eigenvalue weighted by atomic mass is 15.3. The Morgan fingerprint density at radius 2 is 1.71 bits per heavy atom. The molecule has 1 heterocycles. The maximum absolute atomic E-state index is 3.84. The van der Waals surface area contributed by atoms with Crippen molar-refractivity contribution in [2.24, 2.45) is 5.92 Å². The largest absolute Gasteiger partial charge is 0.311 e. The monoisotopic (exact) mass is 296 g/mol. The first kappa shape index (κ1) is 19.0. The molecule has 0 amide bonds. The van der Waals surface area contributed by atoms with Gasteiger partial charge in [-0.15, -0.1) is 0 Å². The molecule has 0 aliphatic carbocycles. The number of hydrogen-bond donors (Lipinski definition) is 1. The predicted molar refractivity (Wildman–Crippen MR) is 94.9 cm³/mol. The maximum atomic E-state index is 3.84. The van der Waals surface area contributed by atoms with Gasteiger partial charge in [0.2, 0.25) is 0 Å². The predicted octanol–water partition coefficient (Wildman–Crippen LogP) is 4.84. The summed E-state index contributed by atoms with van der Waals surface area (Å²) in [5, 5.41) is 3.84. The van der Waals surface area contributed by atoms with E-state index in [4.69, 9.17) is 0 Å². The Morgan fingerprint density at radius 3 is 2.29 bits per heavy atom. The van der Waals surface area contributed by atoms with E-state index >= 15 is 0 Å². The third-order valence-corrected chi connectivity index (χ3v) is 5.44. The molecule has 126 valence electrons. The van der Waals surface area contributed by atoms with E-state index in [2.05, 4.69) is 44.8 Å². The Kier molecular flexibility index (Phi) is 8.89. The molecular formula is C19H40N2. The molecule has 1 unspecified atom stereocenters. The minimum absolute atomic E-state index is 0.415. The fourth-order valence-corrected chi connectivity index (χ4v) is 3.88. The van der Waals surface area contributed by atoms with Crippen molar-refractivity contribution < 1.29 is 0 Å². The Balaban J connectivity index is 2.52. The van der Waals surface area contributed by atoms with E-state index in [9.17, 15) is 0 Å². The Labute approximate surface area is 134 Å². The van der Waals surface area contributed by atoms with Gasteiger partial charge in [-0.3, -0.25) is 4.90 Å². The smallest absolute Gasteiger partial charge is 0.0329 e. The highest BCUT2D eigenvalue weighted by molar-refractivity contribution is 4.97. The van der Waals surface area contributed by atoms with Crippen LogP contribution in [0.2, 0.25) is 0 Å². The van der Waals surface area contributed by atoms with Crippen LogP contribution in [0.25, 0.3) is 0 Å². The van der Waals surface area contributed by atoms with E-state index in [-0.39, 0.29) is 0 Å². The molecule has 2 nitrogen and oxygen atoms in total. The van der Waals surface area contributed by atoms with Gasteiger partial charge in [-0.05, 0) is 38.1 Å². The minimum atomic E-state index is 0.415. The number of unbranched alkanes of at least 4 members (excludes halogenated alkanes) is 4. The highest BCUT2D eigenvalue weighted by Gasteiger charge is 2.38. The van der Waals surface area contributed by atoms with Crippen LogP contribution in [0, 0.1) is 5.92 Å². The normalized spacial score (nSPS) is 22.9. The van der Waals surface area contributed by atoms with Crippen LogP contribution >= 0.6 is 0 Å². The molecule has 1 N–H and O–H groups in total. The van der Waals surface area contributed by atoms with Gasteiger partial charge in [-0.25, -0.2) is 0 Å². The molecule has 2 heteroatoms. The van der Waals surface area contributed by atoms with Crippen molar-refractivity contribution in [1.82, 2.24) is 10.2 Å². The first-order valence-electron chi connectivity index (χ1n) is 9.56. The van der Waals surface area contributed by atoms with E-state index in [0.717, 1.165) is 5.92 Å². The third-order valence-electron chi connectivity index (χ3n) is 5.44. The van der Waals surface area contributed by atoms with Crippen molar-refractivity contribution >= 4 is 0 Å². The van der Waals surface area contributed by atoms with Gasteiger partial charge in [0.1, 0.15) is 0 Å². The molecule has 1 atom stereocenters. The lowest BCUT2D eigenvalue weighted by Gasteiger charge is -2.50. The molecule has 1 saturated heterocycles. The summed E-state index contributed by atoms with van der Waals surface area (Å²) in [5.41, 5.74) is 0.415. The van der Waals surface area contributed by atoms with Gasteiger partial charge in [-0.1, -0.05) is 60.3 Å². The molecule has 0 aromatic carbocycles. The molecular weight excluding hydrogens is 256 g/mol. The second-order valence-corrected chi connectivity index (χ2v) is 7.50. The fraction of sp³-hybridized carbons (Fsp3) is 1.00. The second-order valence-electron chi connectivity index (χ2n) is 7.50. The van der Waals surface area contributed by atoms with Gasteiger partial charge >= 0.3 is 0 Å². The van der Waals surface area contributed by atoms with Crippen LogP contribution in [-0.2, 0) is 0 Å². The standard InChI is InChI=1S/C19H40N2/c1-6-9-10-11-12-13-21-15-18(14-17(4)5)20-16-19(21,7-2)8-3/h17-18,20H,6-16H2,1-5H3. The molecule has 0 saturated carbocycles. The van der Waals surface area contributed by atoms with E-state index in [1.165, 1.54) is 71.0 Å². The Bertz CT molecular complexity index is 258. The summed E-state index contributed by atoms with van der Waals surface area (Å²) in [7, 11) is 0. The zero-order valence-electron chi connectivity index (χ0n) is 15.4. The topological polar surface area (TPSA) is 15.3 Å². The van der Waals surface area contributed by atoms with Crippen LogP contribution in [0.15, 0.2) is 0 Å². The molecule has 1 rings (SSSR count). The number of piperazine rings is 1. The number of rotatable bonds is 10. The summed E-state index contributed by atoms with van der Waals surface area (Å²) < 4.78 is 0. The highest BCUT2D eigenvalue weighted by Crippen LogP contribution is 2.28. The SMILES string of the molecule is CCCCCCCN1CC(CC(C)C)NCC1(CC)CC. The molecule has 0 spiro atoms. The van der Waals surface area contributed by atoms with Gasteiger partial charge in [0.05, 0.1) is 0 Å². The number of hydrogen-bond acceptors (Lipinski definition) is 2. The van der Waals surface area contributed by atoms with Crippen LogP contribution < -0.4 is 5.32 Å². The van der Waals surface area contributed by atoms with Crippen LogP contribution in [0.4, 0.5) is 0 Å². The maximum Gasteiger partial charge on any atom is 0.0329 e. The van der Waals surface area contributed by atoms with Gasteiger partial charge in [0.25, 0.3) is 0 Å². The Hall–Kier alpha value is -0.0800. The molecule has 1 aliphatic rings. The van der Waals surface area contributed by atoms with E-state index < -0.39 is 0 Å². The van der Waals surface area contributed by atoms with Crippen LogP contribution in [0.1, 0.15) is 86.0 Å². The van der Waals surface area contributed by atoms with Crippen molar-refractivity contribution in [1.29, 1.82) is 0 Å². The van der Waals surface area contributed by atoms with Crippen LogP contribution in [0.5, 0.6) is 0 Å². The van der Waals surface area contributed by atoms with E-state index in [1.807, 2.05) is 0 Å². The average molecular weight is 297 g/mol. The summed E-state index contributed by atoms with van der Waals surface area (Å²) in [6, 6.07) is 0.701. The van der Waals surface area contributed by atoms with Gasteiger partial charge in [-0.2, -0.15) is 0 Å². The van der Waals surface area contributed by atoms with E-state index in [1.54, 1.807) is 0 Å². The number of nitrogens with one attached hydrogen (secondary N) is 1. The zero-order valence-corrected chi connectivity index (χ0v) is 15.4. The average Bonchev–Trinajstić information content (AvgIpc) is 2.47. The van der Waals surface area contributed by atoms with Gasteiger partial charge < -0.3 is 5.32 Å². The molecule has 21 heavy (non-hydrogen) atoms. The molecule has 0 aromatic heterocycles. The molecule has 0 radical (unpaired) electrons. The second kappa shape index (κ2) is 9.84. The summed E-state index contributed by atoms with van der Waals surface area (Å²) in [5.74, 6) is 0.796. The lowest BCUT2D eigenvalue weighted by Crippen LogP contribution is -2.64. The molecule has 0 aromatic rings.